The average Bonchev–Trinajstić information content (AvgIpc) is 3.12. The second-order valence-electron chi connectivity index (χ2n) is 6.85. The van der Waals surface area contributed by atoms with Crippen LogP contribution in [-0.2, 0) is 0 Å². The van der Waals surface area contributed by atoms with Crippen molar-refractivity contribution in [2.45, 2.75) is 39.7 Å². The van der Waals surface area contributed by atoms with Gasteiger partial charge in [-0.1, -0.05) is 38.1 Å². The highest BCUT2D eigenvalue weighted by atomic mass is 16.1. The summed E-state index contributed by atoms with van der Waals surface area (Å²) in [4.78, 5) is 12.6. The van der Waals surface area contributed by atoms with Crippen molar-refractivity contribution in [3.05, 3.63) is 59.7 Å². The molecular weight excluding hydrogens is 326 g/mol. The number of hydrogen-bond donors (Lipinski definition) is 1. The Bertz CT molecular complexity index is 897. The highest BCUT2D eigenvalue weighted by molar-refractivity contribution is 6.04. The van der Waals surface area contributed by atoms with E-state index in [2.05, 4.69) is 34.7 Å². The summed E-state index contributed by atoms with van der Waals surface area (Å²) in [6.07, 6.45) is 0. The lowest BCUT2D eigenvalue weighted by atomic mass is 10.0. The van der Waals surface area contributed by atoms with E-state index in [0.717, 1.165) is 11.3 Å². The average molecular weight is 349 g/mol. The van der Waals surface area contributed by atoms with Crippen LogP contribution >= 0.6 is 0 Å². The van der Waals surface area contributed by atoms with Crippen LogP contribution in [0.15, 0.2) is 48.5 Å². The Morgan fingerprint density at radius 3 is 2.42 bits per heavy atom. The summed E-state index contributed by atoms with van der Waals surface area (Å²) in [7, 11) is 0. The Morgan fingerprint density at radius 2 is 1.77 bits per heavy atom. The van der Waals surface area contributed by atoms with Crippen molar-refractivity contribution in [1.29, 1.82) is 0 Å². The summed E-state index contributed by atoms with van der Waals surface area (Å²) < 4.78 is 1.74. The molecule has 0 radical (unpaired) electrons. The lowest BCUT2D eigenvalue weighted by Crippen LogP contribution is -2.12. The second-order valence-corrected chi connectivity index (χ2v) is 6.85. The summed E-state index contributed by atoms with van der Waals surface area (Å²) in [6.45, 7) is 8.31. The Kier molecular flexibility index (Phi) is 5.11. The predicted molar refractivity (Wildman–Crippen MR) is 102 cm³/mol. The quantitative estimate of drug-likeness (QED) is 0.745. The minimum absolute atomic E-state index is 0.136. The van der Waals surface area contributed by atoms with Gasteiger partial charge in [0.05, 0.1) is 6.04 Å². The first-order chi connectivity index (χ1) is 12.5. The molecular formula is C20H23N5O. The van der Waals surface area contributed by atoms with Crippen LogP contribution in [0.1, 0.15) is 55.6 Å². The predicted octanol–water partition coefficient (Wildman–Crippen LogP) is 4.30. The van der Waals surface area contributed by atoms with Crippen molar-refractivity contribution in [3.8, 4) is 11.4 Å². The van der Waals surface area contributed by atoms with Gasteiger partial charge in [-0.2, -0.15) is 0 Å². The third kappa shape index (κ3) is 3.79. The molecule has 0 atom stereocenters. The molecule has 2 aromatic carbocycles. The van der Waals surface area contributed by atoms with Crippen molar-refractivity contribution < 1.29 is 4.79 Å². The lowest BCUT2D eigenvalue weighted by molar-refractivity contribution is 0.102. The van der Waals surface area contributed by atoms with Crippen LogP contribution in [0.2, 0.25) is 0 Å². The number of aromatic nitrogens is 4. The maximum absolute atomic E-state index is 12.6. The molecule has 0 unspecified atom stereocenters. The topological polar surface area (TPSA) is 72.7 Å². The van der Waals surface area contributed by atoms with Gasteiger partial charge in [0, 0.05) is 16.8 Å². The van der Waals surface area contributed by atoms with E-state index in [1.807, 2.05) is 56.3 Å². The molecule has 0 saturated heterocycles. The van der Waals surface area contributed by atoms with Crippen molar-refractivity contribution in [3.63, 3.8) is 0 Å². The number of tetrazole rings is 1. The first-order valence-electron chi connectivity index (χ1n) is 8.75. The number of rotatable bonds is 5. The summed E-state index contributed by atoms with van der Waals surface area (Å²) in [5.74, 6) is 0.951. The smallest absolute Gasteiger partial charge is 0.255 e. The number of anilines is 1. The zero-order chi connectivity index (χ0) is 18.7. The number of carbonyl (C=O) groups is 1. The van der Waals surface area contributed by atoms with Crippen LogP contribution in [0.25, 0.3) is 11.4 Å². The highest BCUT2D eigenvalue weighted by Gasteiger charge is 2.14. The van der Waals surface area contributed by atoms with E-state index in [9.17, 15) is 4.79 Å². The van der Waals surface area contributed by atoms with Crippen molar-refractivity contribution in [2.75, 3.05) is 5.32 Å². The molecule has 1 aromatic heterocycles. The third-order valence-corrected chi connectivity index (χ3v) is 4.20. The van der Waals surface area contributed by atoms with Crippen LogP contribution in [0.5, 0.6) is 0 Å². The zero-order valence-corrected chi connectivity index (χ0v) is 15.5. The van der Waals surface area contributed by atoms with Gasteiger partial charge in [0.15, 0.2) is 5.82 Å². The van der Waals surface area contributed by atoms with E-state index >= 15 is 0 Å². The van der Waals surface area contributed by atoms with Gasteiger partial charge < -0.3 is 5.32 Å². The molecule has 1 heterocycles. The zero-order valence-electron chi connectivity index (χ0n) is 15.5. The van der Waals surface area contributed by atoms with E-state index in [1.54, 1.807) is 10.7 Å². The fourth-order valence-corrected chi connectivity index (χ4v) is 2.69. The number of hydrogen-bond acceptors (Lipinski definition) is 4. The van der Waals surface area contributed by atoms with Gasteiger partial charge in [-0.25, -0.2) is 4.68 Å². The van der Waals surface area contributed by atoms with Gasteiger partial charge >= 0.3 is 0 Å². The number of nitrogens with one attached hydrogen (secondary N) is 1. The Labute approximate surface area is 153 Å². The Balaban J connectivity index is 1.81. The first-order valence-corrected chi connectivity index (χ1v) is 8.75. The lowest BCUT2D eigenvalue weighted by Gasteiger charge is -2.10. The number of nitrogens with zero attached hydrogens (tertiary/aromatic N) is 4. The largest absolute Gasteiger partial charge is 0.322 e. The summed E-state index contributed by atoms with van der Waals surface area (Å²) in [5.41, 5.74) is 3.39. The van der Waals surface area contributed by atoms with Gasteiger partial charge in [-0.05, 0) is 60.0 Å². The van der Waals surface area contributed by atoms with Crippen molar-refractivity contribution >= 4 is 11.6 Å². The van der Waals surface area contributed by atoms with Gasteiger partial charge in [-0.3, -0.25) is 4.79 Å². The van der Waals surface area contributed by atoms with Gasteiger partial charge in [0.2, 0.25) is 0 Å². The Hall–Kier alpha value is -3.02. The molecule has 0 fully saturated rings. The molecule has 0 aliphatic heterocycles. The van der Waals surface area contributed by atoms with Crippen molar-refractivity contribution in [2.24, 2.45) is 0 Å². The standard InChI is InChI=1S/C20H23N5O/c1-13(2)15-8-10-18(11-9-15)21-20(26)17-7-5-6-16(12-17)19-22-23-24-25(19)14(3)4/h5-14H,1-4H3,(H,21,26). The van der Waals surface area contributed by atoms with Gasteiger partial charge in [0.25, 0.3) is 5.91 Å². The molecule has 3 rings (SSSR count). The fraction of sp³-hybridized carbons (Fsp3) is 0.300. The number of amides is 1. The van der Waals surface area contributed by atoms with Crippen LogP contribution in [0.3, 0.4) is 0 Å². The molecule has 0 aliphatic rings. The van der Waals surface area contributed by atoms with Crippen LogP contribution in [0.4, 0.5) is 5.69 Å². The first kappa shape index (κ1) is 17.8. The van der Waals surface area contributed by atoms with E-state index in [4.69, 9.17) is 0 Å². The molecule has 0 saturated carbocycles. The van der Waals surface area contributed by atoms with Gasteiger partial charge in [0.1, 0.15) is 0 Å². The normalized spacial score (nSPS) is 11.2. The molecule has 1 amide bonds. The molecule has 134 valence electrons. The molecule has 6 heteroatoms. The molecule has 0 bridgehead atoms. The van der Waals surface area contributed by atoms with Gasteiger partial charge in [-0.15, -0.1) is 5.10 Å². The van der Waals surface area contributed by atoms with E-state index in [0.29, 0.717) is 17.3 Å². The Morgan fingerprint density at radius 1 is 1.04 bits per heavy atom. The molecule has 6 nitrogen and oxygen atoms in total. The summed E-state index contributed by atoms with van der Waals surface area (Å²) in [6, 6.07) is 15.4. The molecule has 0 spiro atoms. The molecule has 0 aliphatic carbocycles. The minimum atomic E-state index is -0.160. The third-order valence-electron chi connectivity index (χ3n) is 4.20. The minimum Gasteiger partial charge on any atom is -0.322 e. The maximum Gasteiger partial charge on any atom is 0.255 e. The highest BCUT2D eigenvalue weighted by Crippen LogP contribution is 2.21. The van der Waals surface area contributed by atoms with Crippen molar-refractivity contribution in [1.82, 2.24) is 20.2 Å². The van der Waals surface area contributed by atoms with Crippen LogP contribution < -0.4 is 5.32 Å². The summed E-state index contributed by atoms with van der Waals surface area (Å²) in [5, 5.41) is 14.8. The molecule has 1 N–H and O–H groups in total. The maximum atomic E-state index is 12.6. The molecule has 3 aromatic rings. The number of benzene rings is 2. The summed E-state index contributed by atoms with van der Waals surface area (Å²) >= 11 is 0. The van der Waals surface area contributed by atoms with E-state index in [1.165, 1.54) is 5.56 Å². The van der Waals surface area contributed by atoms with Crippen LogP contribution in [-0.4, -0.2) is 26.1 Å². The fourth-order valence-electron chi connectivity index (χ4n) is 2.69. The monoisotopic (exact) mass is 349 g/mol. The number of carbonyl (C=O) groups excluding carboxylic acids is 1. The van der Waals surface area contributed by atoms with E-state index < -0.39 is 0 Å². The SMILES string of the molecule is CC(C)c1ccc(NC(=O)c2cccc(-c3nnnn3C(C)C)c2)cc1. The second kappa shape index (κ2) is 7.47. The van der Waals surface area contributed by atoms with E-state index in [-0.39, 0.29) is 11.9 Å². The molecule has 26 heavy (non-hydrogen) atoms. The van der Waals surface area contributed by atoms with Crippen LogP contribution in [0, 0.1) is 0 Å².